The molecule has 0 N–H and O–H groups in total. The topological polar surface area (TPSA) is 3.24 Å². The zero-order valence-electron chi connectivity index (χ0n) is 5.68. The number of hydrogen-bond acceptors (Lipinski definition) is 2. The van der Waals surface area contributed by atoms with E-state index in [-0.39, 0.29) is 0 Å². The molecule has 8 heavy (non-hydrogen) atoms. The maximum atomic E-state index is 4.19. The minimum absolute atomic E-state index is 1.03. The average Bonchev–Trinajstić information content (AvgIpc) is 1.67. The molecule has 0 unspecified atom stereocenters. The van der Waals surface area contributed by atoms with Crippen LogP contribution in [0.2, 0.25) is 0 Å². The molecule has 48 valence electrons. The van der Waals surface area contributed by atoms with Gasteiger partial charge in [0.1, 0.15) is 0 Å². The lowest BCUT2D eigenvalue weighted by atomic mass is 10.5. The van der Waals surface area contributed by atoms with Crippen LogP contribution in [-0.4, -0.2) is 19.0 Å². The summed E-state index contributed by atoms with van der Waals surface area (Å²) in [5.74, 6) is 0. The molecule has 0 heterocycles. The number of nitrogens with zero attached hydrogens (tertiary/aromatic N) is 1. The Labute approximate surface area is 56.8 Å². The van der Waals surface area contributed by atoms with Crippen molar-refractivity contribution in [2.75, 3.05) is 14.1 Å². The third-order valence-electron chi connectivity index (χ3n) is 0.845. The van der Waals surface area contributed by atoms with Crippen LogP contribution in [0.25, 0.3) is 0 Å². The highest BCUT2D eigenvalue weighted by atomic mass is 32.1. The van der Waals surface area contributed by atoms with Gasteiger partial charge in [-0.25, -0.2) is 0 Å². The smallest absolute Gasteiger partial charge is 0.0630 e. The van der Waals surface area contributed by atoms with E-state index in [9.17, 15) is 0 Å². The van der Waals surface area contributed by atoms with E-state index < -0.39 is 0 Å². The predicted octanol–water partition coefficient (Wildman–Crippen LogP) is 1.73. The van der Waals surface area contributed by atoms with Crippen molar-refractivity contribution >= 4 is 12.6 Å². The Morgan fingerprint density at radius 2 is 2.12 bits per heavy atom. The van der Waals surface area contributed by atoms with E-state index >= 15 is 0 Å². The molecule has 0 aromatic carbocycles. The first-order chi connectivity index (χ1) is 3.68. The highest BCUT2D eigenvalue weighted by Crippen LogP contribution is 2.03. The van der Waals surface area contributed by atoms with Crippen LogP contribution in [0, 0.1) is 0 Å². The molecule has 0 aliphatic rings. The second-order valence-corrected chi connectivity index (χ2v) is 2.32. The minimum Gasteiger partial charge on any atom is -0.373 e. The van der Waals surface area contributed by atoms with Gasteiger partial charge in [-0.2, -0.15) is 0 Å². The number of hydrogen-bond donors (Lipinski definition) is 1. The molecule has 0 aliphatic carbocycles. The van der Waals surface area contributed by atoms with Crippen LogP contribution in [0.5, 0.6) is 0 Å². The third-order valence-corrected chi connectivity index (χ3v) is 1.43. The summed E-state index contributed by atoms with van der Waals surface area (Å²) < 4.78 is 0. The molecule has 0 saturated heterocycles. The van der Waals surface area contributed by atoms with E-state index in [0.29, 0.717) is 0 Å². The Morgan fingerprint density at radius 1 is 1.62 bits per heavy atom. The van der Waals surface area contributed by atoms with Crippen LogP contribution in [-0.2, 0) is 0 Å². The number of thiol groups is 1. The van der Waals surface area contributed by atoms with E-state index in [1.165, 1.54) is 0 Å². The van der Waals surface area contributed by atoms with Crippen molar-refractivity contribution in [3.8, 4) is 0 Å². The van der Waals surface area contributed by atoms with Crippen molar-refractivity contribution in [2.24, 2.45) is 0 Å². The highest BCUT2D eigenvalue weighted by Gasteiger charge is 1.86. The Morgan fingerprint density at radius 3 is 2.25 bits per heavy atom. The van der Waals surface area contributed by atoms with Gasteiger partial charge in [-0.05, 0) is 6.42 Å². The summed E-state index contributed by atoms with van der Waals surface area (Å²) in [5, 5.41) is 1.03. The lowest BCUT2D eigenvalue weighted by molar-refractivity contribution is 0.549. The summed E-state index contributed by atoms with van der Waals surface area (Å²) in [6.45, 7) is 2.10. The summed E-state index contributed by atoms with van der Waals surface area (Å²) in [5.41, 5.74) is 0. The summed E-state index contributed by atoms with van der Waals surface area (Å²) in [4.78, 5) is 1.98. The van der Waals surface area contributed by atoms with Crippen molar-refractivity contribution in [2.45, 2.75) is 13.3 Å². The van der Waals surface area contributed by atoms with Gasteiger partial charge in [0.05, 0.1) is 5.03 Å². The molecular weight excluding hydrogens is 118 g/mol. The number of rotatable bonds is 2. The molecule has 0 radical (unpaired) electrons. The van der Waals surface area contributed by atoms with Crippen molar-refractivity contribution in [1.82, 2.24) is 4.90 Å². The first-order valence-corrected chi connectivity index (χ1v) is 3.19. The second-order valence-electron chi connectivity index (χ2n) is 1.86. The van der Waals surface area contributed by atoms with Crippen LogP contribution in [0.3, 0.4) is 0 Å². The van der Waals surface area contributed by atoms with Gasteiger partial charge < -0.3 is 4.90 Å². The van der Waals surface area contributed by atoms with Gasteiger partial charge in [-0.3, -0.25) is 0 Å². The Hall–Kier alpha value is -0.110. The van der Waals surface area contributed by atoms with Gasteiger partial charge in [0.2, 0.25) is 0 Å². The van der Waals surface area contributed by atoms with Crippen molar-refractivity contribution in [3.63, 3.8) is 0 Å². The molecular formula is C6H13NS. The van der Waals surface area contributed by atoms with Crippen LogP contribution in [0.4, 0.5) is 0 Å². The molecule has 0 amide bonds. The van der Waals surface area contributed by atoms with Crippen LogP contribution in [0.15, 0.2) is 11.1 Å². The summed E-state index contributed by atoms with van der Waals surface area (Å²) in [6.07, 6.45) is 3.13. The fourth-order valence-corrected chi connectivity index (χ4v) is 0.548. The summed E-state index contributed by atoms with van der Waals surface area (Å²) in [6, 6.07) is 0. The van der Waals surface area contributed by atoms with E-state index in [4.69, 9.17) is 0 Å². The molecule has 0 fully saturated rings. The molecule has 0 rings (SSSR count). The van der Waals surface area contributed by atoms with Gasteiger partial charge in [0.25, 0.3) is 0 Å². The molecule has 0 bridgehead atoms. The molecule has 2 heteroatoms. The lowest BCUT2D eigenvalue weighted by Gasteiger charge is -2.10. The predicted molar refractivity (Wildman–Crippen MR) is 41.0 cm³/mol. The molecule has 0 aromatic rings. The quantitative estimate of drug-likeness (QED) is 0.559. The third kappa shape index (κ3) is 2.97. The summed E-state index contributed by atoms with van der Waals surface area (Å²) >= 11 is 4.19. The van der Waals surface area contributed by atoms with Gasteiger partial charge in [0.15, 0.2) is 0 Å². The Bertz CT molecular complexity index is 86.5. The largest absolute Gasteiger partial charge is 0.373 e. The highest BCUT2D eigenvalue weighted by molar-refractivity contribution is 7.84. The maximum Gasteiger partial charge on any atom is 0.0630 e. The minimum atomic E-state index is 1.03. The van der Waals surface area contributed by atoms with Crippen LogP contribution < -0.4 is 0 Å². The van der Waals surface area contributed by atoms with E-state index in [1.54, 1.807) is 0 Å². The molecule has 0 aliphatic heterocycles. The van der Waals surface area contributed by atoms with Crippen LogP contribution >= 0.6 is 12.6 Å². The molecule has 0 atom stereocenters. The molecule has 0 spiro atoms. The zero-order valence-corrected chi connectivity index (χ0v) is 6.57. The summed E-state index contributed by atoms with van der Waals surface area (Å²) in [7, 11) is 3.96. The van der Waals surface area contributed by atoms with Crippen molar-refractivity contribution < 1.29 is 0 Å². The van der Waals surface area contributed by atoms with E-state index in [2.05, 4.69) is 25.6 Å². The fourth-order valence-electron chi connectivity index (χ4n) is 0.365. The molecule has 0 saturated carbocycles. The Kier molecular flexibility index (Phi) is 3.79. The Balaban J connectivity index is 3.61. The first kappa shape index (κ1) is 7.89. The normalized spacial score (nSPS) is 11.8. The van der Waals surface area contributed by atoms with Gasteiger partial charge >= 0.3 is 0 Å². The van der Waals surface area contributed by atoms with E-state index in [1.807, 2.05) is 19.0 Å². The van der Waals surface area contributed by atoms with Gasteiger partial charge in [0, 0.05) is 14.1 Å². The van der Waals surface area contributed by atoms with Gasteiger partial charge in [-0.15, -0.1) is 12.6 Å². The standard InChI is InChI=1S/C6H13NS/c1-4-5-6(8)7(2)3/h5,8H,4H2,1-3H3/b6-5+. The van der Waals surface area contributed by atoms with E-state index in [0.717, 1.165) is 11.4 Å². The SMILES string of the molecule is CC/C=C(/S)N(C)C. The monoisotopic (exact) mass is 131 g/mol. The number of allylic oxidation sites excluding steroid dienone is 1. The van der Waals surface area contributed by atoms with Gasteiger partial charge in [-0.1, -0.05) is 13.0 Å². The van der Waals surface area contributed by atoms with Crippen molar-refractivity contribution in [1.29, 1.82) is 0 Å². The fraction of sp³-hybridized carbons (Fsp3) is 0.667. The van der Waals surface area contributed by atoms with Crippen molar-refractivity contribution in [3.05, 3.63) is 11.1 Å². The maximum absolute atomic E-state index is 4.19. The molecule has 1 nitrogen and oxygen atoms in total. The second kappa shape index (κ2) is 3.84. The molecule has 0 aromatic heterocycles. The first-order valence-electron chi connectivity index (χ1n) is 2.75. The zero-order chi connectivity index (χ0) is 6.57. The average molecular weight is 131 g/mol. The van der Waals surface area contributed by atoms with Crippen LogP contribution in [0.1, 0.15) is 13.3 Å². The lowest BCUT2D eigenvalue weighted by Crippen LogP contribution is -2.05.